The summed E-state index contributed by atoms with van der Waals surface area (Å²) in [5.41, 5.74) is 6.13. The van der Waals surface area contributed by atoms with Crippen LogP contribution >= 0.6 is 0 Å². The van der Waals surface area contributed by atoms with E-state index >= 15 is 0 Å². The molecule has 0 radical (unpaired) electrons. The van der Waals surface area contributed by atoms with Crippen LogP contribution < -0.4 is 5.32 Å². The zero-order valence-corrected chi connectivity index (χ0v) is 15.8. The van der Waals surface area contributed by atoms with Gasteiger partial charge in [0.1, 0.15) is 11.6 Å². The molecule has 0 unspecified atom stereocenters. The van der Waals surface area contributed by atoms with Crippen LogP contribution in [0.2, 0.25) is 0 Å². The molecule has 0 bridgehead atoms. The summed E-state index contributed by atoms with van der Waals surface area (Å²) in [6.07, 6.45) is 1.66. The van der Waals surface area contributed by atoms with Crippen LogP contribution in [0.3, 0.4) is 0 Å². The molecule has 130 valence electrons. The van der Waals surface area contributed by atoms with Crippen LogP contribution in [0.15, 0.2) is 29.8 Å². The normalized spacial score (nSPS) is 11.5. The lowest BCUT2D eigenvalue weighted by molar-refractivity contribution is -0.112. The minimum absolute atomic E-state index is 0.0993. The molecule has 1 aromatic heterocycles. The van der Waals surface area contributed by atoms with E-state index in [1.54, 1.807) is 6.08 Å². The summed E-state index contributed by atoms with van der Waals surface area (Å²) in [5, 5.41) is 12.2. The summed E-state index contributed by atoms with van der Waals surface area (Å²) in [7, 11) is 0. The number of nitrogens with one attached hydrogen (secondary N) is 1. The van der Waals surface area contributed by atoms with Crippen molar-refractivity contribution in [2.75, 3.05) is 5.32 Å². The first kappa shape index (κ1) is 18.5. The number of nitriles is 1. The van der Waals surface area contributed by atoms with E-state index in [9.17, 15) is 10.1 Å². The van der Waals surface area contributed by atoms with Crippen LogP contribution in [0.1, 0.15) is 48.0 Å². The Morgan fingerprint density at radius 2 is 1.84 bits per heavy atom. The highest BCUT2D eigenvalue weighted by atomic mass is 16.1. The Morgan fingerprint density at radius 1 is 1.16 bits per heavy atom. The number of rotatable bonds is 4. The summed E-state index contributed by atoms with van der Waals surface area (Å²) in [4.78, 5) is 12.5. The summed E-state index contributed by atoms with van der Waals surface area (Å²) < 4.78 is 2.20. The Hall–Kier alpha value is -2.80. The van der Waals surface area contributed by atoms with E-state index in [1.807, 2.05) is 58.0 Å². The van der Waals surface area contributed by atoms with E-state index in [2.05, 4.69) is 23.7 Å². The monoisotopic (exact) mass is 335 g/mol. The van der Waals surface area contributed by atoms with Gasteiger partial charge in [-0.3, -0.25) is 4.79 Å². The highest BCUT2D eigenvalue weighted by Gasteiger charge is 2.14. The standard InChI is InChI=1S/C21H25N3O/c1-13(2)24-16(5)10-18(17(24)6)11-19(12-22)21(25)23-20-8-7-14(3)15(4)9-20/h7-11,13H,1-6H3,(H,23,25)/b19-11+. The van der Waals surface area contributed by atoms with Crippen molar-refractivity contribution in [1.29, 1.82) is 5.26 Å². The largest absolute Gasteiger partial charge is 0.346 e. The van der Waals surface area contributed by atoms with Gasteiger partial charge in [0.2, 0.25) is 0 Å². The number of aromatic nitrogens is 1. The van der Waals surface area contributed by atoms with Crippen molar-refractivity contribution in [3.8, 4) is 6.07 Å². The molecular weight excluding hydrogens is 310 g/mol. The van der Waals surface area contributed by atoms with Crippen LogP contribution in [0, 0.1) is 39.0 Å². The van der Waals surface area contributed by atoms with Crippen molar-refractivity contribution in [3.05, 3.63) is 57.9 Å². The van der Waals surface area contributed by atoms with Crippen LogP contribution in [0.4, 0.5) is 5.69 Å². The Balaban J connectivity index is 2.31. The van der Waals surface area contributed by atoms with Crippen LogP contribution in [0.5, 0.6) is 0 Å². The second kappa shape index (κ2) is 7.40. The number of carbonyl (C=O) groups excluding carboxylic acids is 1. The SMILES string of the molecule is Cc1ccc(NC(=O)/C(C#N)=C/c2cc(C)n(C(C)C)c2C)cc1C. The number of anilines is 1. The Labute approximate surface area is 149 Å². The Morgan fingerprint density at radius 3 is 2.36 bits per heavy atom. The molecule has 25 heavy (non-hydrogen) atoms. The highest BCUT2D eigenvalue weighted by molar-refractivity contribution is 6.09. The molecule has 1 amide bonds. The first-order valence-corrected chi connectivity index (χ1v) is 8.43. The second-order valence-electron chi connectivity index (χ2n) is 6.71. The molecule has 1 heterocycles. The molecule has 2 rings (SSSR count). The van der Waals surface area contributed by atoms with Crippen molar-refractivity contribution in [2.24, 2.45) is 0 Å². The van der Waals surface area contributed by atoms with Gasteiger partial charge < -0.3 is 9.88 Å². The number of nitrogens with zero attached hydrogens (tertiary/aromatic N) is 2. The molecule has 0 aliphatic rings. The molecule has 0 spiro atoms. The van der Waals surface area contributed by atoms with E-state index < -0.39 is 0 Å². The third-order valence-electron chi connectivity index (χ3n) is 4.47. The van der Waals surface area contributed by atoms with Gasteiger partial charge in [-0.15, -0.1) is 0 Å². The van der Waals surface area contributed by atoms with E-state index in [4.69, 9.17) is 0 Å². The number of benzene rings is 1. The van der Waals surface area contributed by atoms with Gasteiger partial charge in [-0.1, -0.05) is 6.07 Å². The van der Waals surface area contributed by atoms with Gasteiger partial charge >= 0.3 is 0 Å². The van der Waals surface area contributed by atoms with E-state index in [0.717, 1.165) is 28.1 Å². The molecule has 0 fully saturated rings. The Kier molecular flexibility index (Phi) is 5.48. The molecule has 0 atom stereocenters. The maximum absolute atomic E-state index is 12.5. The maximum atomic E-state index is 12.5. The summed E-state index contributed by atoms with van der Waals surface area (Å²) in [5.74, 6) is -0.389. The van der Waals surface area contributed by atoms with Crippen molar-refractivity contribution in [2.45, 2.75) is 47.6 Å². The molecule has 2 aromatic rings. The summed E-state index contributed by atoms with van der Waals surface area (Å²) in [6, 6.07) is 10.1. The zero-order chi connectivity index (χ0) is 18.7. The van der Waals surface area contributed by atoms with Crippen LogP contribution in [0.25, 0.3) is 6.08 Å². The molecule has 4 nitrogen and oxygen atoms in total. The first-order valence-electron chi connectivity index (χ1n) is 8.43. The number of hydrogen-bond donors (Lipinski definition) is 1. The highest BCUT2D eigenvalue weighted by Crippen LogP contribution is 2.23. The third kappa shape index (κ3) is 4.00. The average Bonchev–Trinajstić information content (AvgIpc) is 2.82. The number of hydrogen-bond acceptors (Lipinski definition) is 2. The Bertz CT molecular complexity index is 879. The predicted octanol–water partition coefficient (Wildman–Crippen LogP) is 4.85. The van der Waals surface area contributed by atoms with Gasteiger partial charge in [0.05, 0.1) is 0 Å². The van der Waals surface area contributed by atoms with Crippen molar-refractivity contribution >= 4 is 17.7 Å². The molecule has 0 saturated carbocycles. The average molecular weight is 335 g/mol. The predicted molar refractivity (Wildman–Crippen MR) is 102 cm³/mol. The lowest BCUT2D eigenvalue weighted by atomic mass is 10.1. The lowest BCUT2D eigenvalue weighted by Gasteiger charge is -2.13. The molecule has 0 aliphatic heterocycles. The molecule has 1 N–H and O–H groups in total. The number of aryl methyl sites for hydroxylation is 3. The quantitative estimate of drug-likeness (QED) is 0.641. The van der Waals surface area contributed by atoms with E-state index in [0.29, 0.717) is 11.7 Å². The zero-order valence-electron chi connectivity index (χ0n) is 15.8. The van der Waals surface area contributed by atoms with Gasteiger partial charge in [-0.2, -0.15) is 5.26 Å². The first-order chi connectivity index (χ1) is 11.7. The smallest absolute Gasteiger partial charge is 0.266 e. The minimum Gasteiger partial charge on any atom is -0.346 e. The van der Waals surface area contributed by atoms with Gasteiger partial charge in [0.25, 0.3) is 5.91 Å². The fourth-order valence-corrected chi connectivity index (χ4v) is 3.07. The summed E-state index contributed by atoms with van der Waals surface area (Å²) in [6.45, 7) is 12.3. The molecule has 4 heteroatoms. The van der Waals surface area contributed by atoms with Crippen molar-refractivity contribution in [3.63, 3.8) is 0 Å². The van der Waals surface area contributed by atoms with Crippen molar-refractivity contribution in [1.82, 2.24) is 4.57 Å². The molecular formula is C21H25N3O. The molecule has 1 aromatic carbocycles. The van der Waals surface area contributed by atoms with Crippen molar-refractivity contribution < 1.29 is 4.79 Å². The van der Waals surface area contributed by atoms with Gasteiger partial charge in [0.15, 0.2) is 0 Å². The maximum Gasteiger partial charge on any atom is 0.266 e. The van der Waals surface area contributed by atoms with Gasteiger partial charge in [-0.25, -0.2) is 0 Å². The van der Waals surface area contributed by atoms with Gasteiger partial charge in [0, 0.05) is 23.1 Å². The number of amides is 1. The molecule has 0 saturated heterocycles. The topological polar surface area (TPSA) is 57.8 Å². The van der Waals surface area contributed by atoms with E-state index in [-0.39, 0.29) is 11.5 Å². The van der Waals surface area contributed by atoms with E-state index in [1.165, 1.54) is 0 Å². The van der Waals surface area contributed by atoms with Crippen LogP contribution in [-0.4, -0.2) is 10.5 Å². The van der Waals surface area contributed by atoms with Crippen LogP contribution in [-0.2, 0) is 4.79 Å². The lowest BCUT2D eigenvalue weighted by Crippen LogP contribution is -2.13. The number of carbonyl (C=O) groups is 1. The fraction of sp³-hybridized carbons (Fsp3) is 0.333. The second-order valence-corrected chi connectivity index (χ2v) is 6.71. The minimum atomic E-state index is -0.389. The fourth-order valence-electron chi connectivity index (χ4n) is 3.07. The molecule has 0 aliphatic carbocycles. The van der Waals surface area contributed by atoms with Gasteiger partial charge in [-0.05, 0) is 82.5 Å². The summed E-state index contributed by atoms with van der Waals surface area (Å²) >= 11 is 0. The third-order valence-corrected chi connectivity index (χ3v) is 4.47.